The molecule has 7 nitrogen and oxygen atoms in total. The minimum atomic E-state index is -6.00. The number of rotatable bonds is 0. The van der Waals surface area contributed by atoms with Crippen molar-refractivity contribution in [3.63, 3.8) is 0 Å². The molecule has 0 amide bonds. The van der Waals surface area contributed by atoms with Gasteiger partial charge in [0.05, 0.1) is 0 Å². The molecule has 0 N–H and O–H groups in total. The zero-order chi connectivity index (χ0) is 8.08. The van der Waals surface area contributed by atoms with E-state index in [9.17, 15) is 0 Å². The Morgan fingerprint density at radius 3 is 0.786 bits per heavy atom. The summed E-state index contributed by atoms with van der Waals surface area (Å²) in [5.41, 5.74) is 0. The molecule has 0 aliphatic carbocycles. The van der Waals surface area contributed by atoms with Gasteiger partial charge in [-0.3, -0.25) is 0 Å². The summed E-state index contributed by atoms with van der Waals surface area (Å²) in [7, 11) is -3.63. The van der Waals surface area contributed by atoms with Gasteiger partial charge in [-0.25, -0.2) is 0 Å². The summed E-state index contributed by atoms with van der Waals surface area (Å²) in [6.07, 6.45) is 0. The van der Waals surface area contributed by atoms with E-state index in [4.69, 9.17) is 28.8 Å². The molecule has 14 heteroatoms. The molecule has 0 aromatic carbocycles. The van der Waals surface area contributed by atoms with Crippen molar-refractivity contribution in [1.82, 2.24) is 0 Å². The Bertz CT molecular complexity index is 88.2. The third-order valence-electron chi connectivity index (χ3n) is 0. The van der Waals surface area contributed by atoms with Crippen molar-refractivity contribution in [3.05, 3.63) is 0 Å². The van der Waals surface area contributed by atoms with Crippen molar-refractivity contribution in [2.24, 2.45) is 0 Å². The van der Waals surface area contributed by atoms with Gasteiger partial charge in [-0.15, -0.1) is 0 Å². The van der Waals surface area contributed by atoms with Gasteiger partial charge in [-0.1, -0.05) is 0 Å². The van der Waals surface area contributed by atoms with Crippen LogP contribution in [0.1, 0.15) is 0 Å². The monoisotopic (exact) mass is 384 g/mol. The molecule has 0 saturated carbocycles. The van der Waals surface area contributed by atoms with E-state index in [2.05, 4.69) is 0 Å². The SMILES string of the molecule is O=[Si]([O-])[O-].[Ca+2].[K+].[K+].[K+].[K+].[O-][Ti]([O-])([O-])[O-]. The zero-order valence-corrected chi connectivity index (χ0v) is 25.8. The Balaban J connectivity index is -0.0000000104. The topological polar surface area (TPSA) is 155 Å². The summed E-state index contributed by atoms with van der Waals surface area (Å²) in [6, 6.07) is 0. The molecule has 0 heterocycles. The summed E-state index contributed by atoms with van der Waals surface area (Å²) >= 11 is -6.00. The van der Waals surface area contributed by atoms with Gasteiger partial charge in [0.15, 0.2) is 0 Å². The fraction of sp³-hybridized carbons (Fsp3) is 0. The van der Waals surface area contributed by atoms with Crippen molar-refractivity contribution in [2.45, 2.75) is 0 Å². The Morgan fingerprint density at radius 1 is 0.786 bits per heavy atom. The summed E-state index contributed by atoms with van der Waals surface area (Å²) in [6.45, 7) is 0. The molecule has 0 bridgehead atoms. The van der Waals surface area contributed by atoms with E-state index in [-0.39, 0.29) is 243 Å². The molecule has 0 aliphatic heterocycles. The van der Waals surface area contributed by atoms with Gasteiger partial charge in [-0.2, -0.15) is 0 Å². The van der Waals surface area contributed by atoms with Crippen LogP contribution in [0.5, 0.6) is 0 Å². The molecule has 0 spiro atoms. The predicted molar refractivity (Wildman–Crippen MR) is 12.2 cm³/mol. The maximum atomic E-state index is 8.62. The molecule has 0 saturated heterocycles. The predicted octanol–water partition coefficient (Wildman–Crippen LogP) is -20.0. The second-order valence-electron chi connectivity index (χ2n) is 0.750. The van der Waals surface area contributed by atoms with E-state index in [1.165, 1.54) is 0 Å². The van der Waals surface area contributed by atoms with Gasteiger partial charge in [0.1, 0.15) is 0 Å². The van der Waals surface area contributed by atoms with Gasteiger partial charge >= 0.3 is 276 Å². The molecule has 0 aliphatic rings. The zero-order valence-electron chi connectivity index (χ0n) is 8.56. The molecule has 56 valence electrons. The normalized spacial score (nSPS) is 6.00. The van der Waals surface area contributed by atoms with E-state index in [0.717, 1.165) is 0 Å². The molecular weight excluding hydrogens is 384 g/mol. The molecule has 0 fully saturated rings. The van der Waals surface area contributed by atoms with Crippen LogP contribution in [0.25, 0.3) is 0 Å². The van der Waals surface area contributed by atoms with Crippen molar-refractivity contribution in [1.29, 1.82) is 0 Å². The molecule has 0 radical (unpaired) electrons. The van der Waals surface area contributed by atoms with Crippen LogP contribution in [-0.4, -0.2) is 46.9 Å². The standard InChI is InChI=1S/Ca.4K.O3Si.4O.Ti/c;;;;;1-4(2)3;;;;;/q+2;4*+1;-2;4*-1;. The van der Waals surface area contributed by atoms with Crippen LogP contribution in [0.2, 0.25) is 0 Å². The van der Waals surface area contributed by atoms with Crippen LogP contribution in [0, 0.1) is 0 Å². The molecule has 0 aromatic rings. The second kappa shape index (κ2) is 29.0. The van der Waals surface area contributed by atoms with Gasteiger partial charge in [-0.05, 0) is 0 Å². The first-order valence-corrected chi connectivity index (χ1v) is 5.20. The average Bonchev–Trinajstić information content (AvgIpc) is 1.19. The quantitative estimate of drug-likeness (QED) is 0.375. The van der Waals surface area contributed by atoms with Gasteiger partial charge in [0.25, 0.3) is 0 Å². The summed E-state index contributed by atoms with van der Waals surface area (Å²) in [5, 5.41) is 0. The Hall–Kier alpha value is 7.98. The van der Waals surface area contributed by atoms with E-state index in [0.29, 0.717) is 0 Å². The van der Waals surface area contributed by atoms with Crippen molar-refractivity contribution in [2.75, 3.05) is 0 Å². The molecule has 0 unspecified atom stereocenters. The van der Waals surface area contributed by atoms with Crippen molar-refractivity contribution < 1.29 is 252 Å². The Morgan fingerprint density at radius 2 is 0.786 bits per heavy atom. The van der Waals surface area contributed by atoms with Crippen LogP contribution < -0.4 is 230 Å². The summed E-state index contributed by atoms with van der Waals surface area (Å²) in [4.78, 5) is 17.0. The third-order valence-corrected chi connectivity index (χ3v) is 0. The number of hydrogen-bond donors (Lipinski definition) is 0. The molecule has 0 atom stereocenters. The van der Waals surface area contributed by atoms with Crippen molar-refractivity contribution in [3.8, 4) is 0 Å². The third kappa shape index (κ3) is 113. The van der Waals surface area contributed by atoms with E-state index in [1.54, 1.807) is 0 Å². The average molecular weight is 384 g/mol. The molecule has 14 heavy (non-hydrogen) atoms. The first-order valence-electron chi connectivity index (χ1n) is 1.43. The first kappa shape index (κ1) is 43.1. The van der Waals surface area contributed by atoms with E-state index < -0.39 is 27.3 Å². The van der Waals surface area contributed by atoms with Crippen LogP contribution in [-0.2, 0) is 22.6 Å². The maximum absolute atomic E-state index is 8.62. The Kier molecular flexibility index (Phi) is 89.4. The van der Waals surface area contributed by atoms with Gasteiger partial charge in [0.2, 0.25) is 0 Å². The van der Waals surface area contributed by atoms with Crippen LogP contribution >= 0.6 is 0 Å². The molecular formula is CaK4O7SiTi. The van der Waals surface area contributed by atoms with Crippen LogP contribution in [0.4, 0.5) is 0 Å². The van der Waals surface area contributed by atoms with E-state index in [1.807, 2.05) is 0 Å². The minimum absolute atomic E-state index is 0. The Labute approximate surface area is 288 Å². The molecule has 0 aromatic heterocycles. The first-order chi connectivity index (χ1) is 3.73. The molecule has 0 rings (SSSR count). The van der Waals surface area contributed by atoms with Crippen LogP contribution in [0.15, 0.2) is 0 Å². The number of hydrogen-bond acceptors (Lipinski definition) is 7. The fourth-order valence-corrected chi connectivity index (χ4v) is 0. The summed E-state index contributed by atoms with van der Waals surface area (Å²) < 4.78 is 43.0. The van der Waals surface area contributed by atoms with E-state index >= 15 is 0 Å². The summed E-state index contributed by atoms with van der Waals surface area (Å²) in [5.74, 6) is 0. The van der Waals surface area contributed by atoms with Crippen molar-refractivity contribution >= 4 is 46.9 Å². The fourth-order valence-electron chi connectivity index (χ4n) is 0. The van der Waals surface area contributed by atoms with Crippen LogP contribution in [0.3, 0.4) is 0 Å². The van der Waals surface area contributed by atoms with Gasteiger partial charge < -0.3 is 14.1 Å². The van der Waals surface area contributed by atoms with Gasteiger partial charge in [0, 0.05) is 9.17 Å². The second-order valence-corrected chi connectivity index (χ2v) is 2.81.